The molecule has 2 bridgehead atoms. The van der Waals surface area contributed by atoms with Crippen molar-refractivity contribution in [2.24, 2.45) is 10.8 Å². The molecule has 1 spiro atoms. The lowest BCUT2D eigenvalue weighted by Crippen LogP contribution is -2.55. The predicted octanol–water partition coefficient (Wildman–Crippen LogP) is 2.96. The van der Waals surface area contributed by atoms with E-state index in [9.17, 15) is 9.59 Å². The molecule has 1 aromatic rings. The van der Waals surface area contributed by atoms with Gasteiger partial charge in [-0.05, 0) is 31.7 Å². The molecule has 0 N–H and O–H groups in total. The minimum Gasteiger partial charge on any atom is -0.362 e. The maximum absolute atomic E-state index is 13.1. The molecule has 110 valence electrons. The van der Waals surface area contributed by atoms with Gasteiger partial charge in [0.15, 0.2) is 11.6 Å². The monoisotopic (exact) mass is 284 g/mol. The van der Waals surface area contributed by atoms with Gasteiger partial charge < -0.3 is 4.74 Å². The third-order valence-corrected chi connectivity index (χ3v) is 6.26. The third-order valence-electron chi connectivity index (χ3n) is 6.26. The van der Waals surface area contributed by atoms with Gasteiger partial charge in [0.25, 0.3) is 0 Å². The number of carbonyl (C=O) groups excluding carboxylic acids is 2. The number of ketones is 2. The third kappa shape index (κ3) is 1.34. The molecule has 0 saturated carbocycles. The van der Waals surface area contributed by atoms with Gasteiger partial charge in [-0.2, -0.15) is 0 Å². The highest BCUT2D eigenvalue weighted by molar-refractivity contribution is 6.09. The van der Waals surface area contributed by atoms with Gasteiger partial charge in [-0.3, -0.25) is 9.59 Å². The molecule has 2 saturated heterocycles. The first-order valence-electron chi connectivity index (χ1n) is 7.67. The molecule has 3 atom stereocenters. The van der Waals surface area contributed by atoms with E-state index in [2.05, 4.69) is 0 Å². The van der Waals surface area contributed by atoms with Gasteiger partial charge in [0.05, 0.1) is 16.4 Å². The molecule has 0 aromatic heterocycles. The average Bonchev–Trinajstić information content (AvgIpc) is 2.86. The van der Waals surface area contributed by atoms with Gasteiger partial charge in [-0.15, -0.1) is 0 Å². The van der Waals surface area contributed by atoms with Crippen LogP contribution in [0.25, 0.3) is 0 Å². The average molecular weight is 284 g/mol. The number of benzene rings is 1. The van der Waals surface area contributed by atoms with Crippen molar-refractivity contribution in [2.75, 3.05) is 0 Å². The second-order valence-corrected chi connectivity index (χ2v) is 7.54. The standard InChI is InChI=1S/C18H20O3/c1-16(2)14(20)15-18(10-17(16,3)21-15)9-8-11-6-4-5-7-12(11)13(18)19/h4-7,15H,8-10H2,1-3H3/t15-,17-,18-/m1/s1. The van der Waals surface area contributed by atoms with Gasteiger partial charge in [0, 0.05) is 5.56 Å². The lowest BCUT2D eigenvalue weighted by atomic mass is 9.54. The number of Topliss-reactive ketones (excluding diaryl/α,β-unsaturated/α-hetero) is 2. The summed E-state index contributed by atoms with van der Waals surface area (Å²) in [6, 6.07) is 7.78. The molecular weight excluding hydrogens is 264 g/mol. The highest BCUT2D eigenvalue weighted by atomic mass is 16.5. The number of hydrogen-bond donors (Lipinski definition) is 0. The number of hydrogen-bond acceptors (Lipinski definition) is 3. The first-order chi connectivity index (χ1) is 9.82. The van der Waals surface area contributed by atoms with Crippen molar-refractivity contribution in [3.05, 3.63) is 35.4 Å². The maximum atomic E-state index is 13.1. The van der Waals surface area contributed by atoms with Gasteiger partial charge in [0.1, 0.15) is 6.10 Å². The SMILES string of the molecule is CC1(C)C(=O)[C@H]2O[C@]1(C)C[C@@]21CCc2ccccc2C1=O. The maximum Gasteiger partial charge on any atom is 0.172 e. The minimum absolute atomic E-state index is 0.101. The summed E-state index contributed by atoms with van der Waals surface area (Å²) in [7, 11) is 0. The summed E-state index contributed by atoms with van der Waals surface area (Å²) < 4.78 is 6.10. The Morgan fingerprint density at radius 1 is 1.14 bits per heavy atom. The van der Waals surface area contributed by atoms with Crippen molar-refractivity contribution in [2.45, 2.75) is 51.7 Å². The van der Waals surface area contributed by atoms with Crippen molar-refractivity contribution in [1.82, 2.24) is 0 Å². The van der Waals surface area contributed by atoms with E-state index in [-0.39, 0.29) is 11.6 Å². The molecule has 1 aromatic carbocycles. The molecule has 3 heteroatoms. The van der Waals surface area contributed by atoms with Crippen LogP contribution in [0.3, 0.4) is 0 Å². The van der Waals surface area contributed by atoms with E-state index in [1.165, 1.54) is 0 Å². The van der Waals surface area contributed by atoms with Crippen molar-refractivity contribution in [1.29, 1.82) is 0 Å². The summed E-state index contributed by atoms with van der Waals surface area (Å²) in [5, 5.41) is 0. The Morgan fingerprint density at radius 3 is 2.52 bits per heavy atom. The summed E-state index contributed by atoms with van der Waals surface area (Å²) in [5.41, 5.74) is 0.244. The Balaban J connectivity index is 1.83. The van der Waals surface area contributed by atoms with E-state index >= 15 is 0 Å². The topological polar surface area (TPSA) is 43.4 Å². The first kappa shape index (κ1) is 13.2. The Bertz CT molecular complexity index is 675. The van der Waals surface area contributed by atoms with E-state index < -0.39 is 22.5 Å². The smallest absolute Gasteiger partial charge is 0.172 e. The summed E-state index contributed by atoms with van der Waals surface area (Å²) in [6.07, 6.45) is 1.69. The molecule has 4 rings (SSSR count). The molecule has 2 fully saturated rings. The van der Waals surface area contributed by atoms with Crippen LogP contribution >= 0.6 is 0 Å². The summed E-state index contributed by atoms with van der Waals surface area (Å²) in [4.78, 5) is 25.8. The quantitative estimate of drug-likeness (QED) is 0.735. The van der Waals surface area contributed by atoms with Crippen molar-refractivity contribution >= 4 is 11.6 Å². The normalized spacial score (nSPS) is 39.9. The highest BCUT2D eigenvalue weighted by Gasteiger charge is 2.73. The second-order valence-electron chi connectivity index (χ2n) is 7.54. The van der Waals surface area contributed by atoms with E-state index in [4.69, 9.17) is 4.74 Å². The molecule has 21 heavy (non-hydrogen) atoms. The molecular formula is C18H20O3. The van der Waals surface area contributed by atoms with E-state index in [0.29, 0.717) is 6.42 Å². The van der Waals surface area contributed by atoms with Crippen LogP contribution in [0.15, 0.2) is 24.3 Å². The van der Waals surface area contributed by atoms with Crippen LogP contribution in [0.1, 0.15) is 49.5 Å². The van der Waals surface area contributed by atoms with Crippen LogP contribution in [0.2, 0.25) is 0 Å². The van der Waals surface area contributed by atoms with Crippen LogP contribution < -0.4 is 0 Å². The van der Waals surface area contributed by atoms with E-state index in [0.717, 1.165) is 24.0 Å². The largest absolute Gasteiger partial charge is 0.362 e. The molecule has 2 aliphatic heterocycles. The Morgan fingerprint density at radius 2 is 1.86 bits per heavy atom. The molecule has 0 unspecified atom stereocenters. The number of fused-ring (bicyclic) bond motifs is 4. The molecule has 0 amide bonds. The summed E-state index contributed by atoms with van der Waals surface area (Å²) in [5.74, 6) is 0.214. The fraction of sp³-hybridized carbons (Fsp3) is 0.556. The first-order valence-corrected chi connectivity index (χ1v) is 7.67. The van der Waals surface area contributed by atoms with Crippen molar-refractivity contribution in [3.8, 4) is 0 Å². The van der Waals surface area contributed by atoms with Crippen LogP contribution in [0.4, 0.5) is 0 Å². The number of ether oxygens (including phenoxy) is 1. The summed E-state index contributed by atoms with van der Waals surface area (Å²) in [6.45, 7) is 5.89. The Labute approximate surface area is 124 Å². The van der Waals surface area contributed by atoms with Crippen molar-refractivity contribution < 1.29 is 14.3 Å². The van der Waals surface area contributed by atoms with Gasteiger partial charge in [0.2, 0.25) is 0 Å². The highest BCUT2D eigenvalue weighted by Crippen LogP contribution is 2.63. The molecule has 0 radical (unpaired) electrons. The van der Waals surface area contributed by atoms with Gasteiger partial charge in [-0.1, -0.05) is 38.1 Å². The Kier molecular flexibility index (Phi) is 2.29. The lowest BCUT2D eigenvalue weighted by Gasteiger charge is -2.44. The van der Waals surface area contributed by atoms with Crippen molar-refractivity contribution in [3.63, 3.8) is 0 Å². The van der Waals surface area contributed by atoms with Gasteiger partial charge >= 0.3 is 0 Å². The minimum atomic E-state index is -0.629. The fourth-order valence-corrected chi connectivity index (χ4v) is 4.49. The fourth-order valence-electron chi connectivity index (χ4n) is 4.49. The zero-order chi connectivity index (χ0) is 15.0. The number of aryl methyl sites for hydroxylation is 1. The Hall–Kier alpha value is -1.48. The van der Waals surface area contributed by atoms with E-state index in [1.807, 2.05) is 45.0 Å². The second kappa shape index (κ2) is 3.64. The number of carbonyl (C=O) groups is 2. The van der Waals surface area contributed by atoms with Crippen LogP contribution in [0.5, 0.6) is 0 Å². The summed E-state index contributed by atoms with van der Waals surface area (Å²) >= 11 is 0. The van der Waals surface area contributed by atoms with Crippen LogP contribution in [-0.4, -0.2) is 23.3 Å². The molecule has 3 aliphatic rings. The van der Waals surface area contributed by atoms with Crippen LogP contribution in [-0.2, 0) is 16.0 Å². The lowest BCUT2D eigenvalue weighted by molar-refractivity contribution is -0.132. The molecule has 2 heterocycles. The zero-order valence-corrected chi connectivity index (χ0v) is 12.7. The zero-order valence-electron chi connectivity index (χ0n) is 12.7. The van der Waals surface area contributed by atoms with Crippen LogP contribution in [0, 0.1) is 10.8 Å². The molecule has 3 nitrogen and oxygen atoms in total. The molecule has 1 aliphatic carbocycles. The predicted molar refractivity (Wildman–Crippen MR) is 78.2 cm³/mol. The number of rotatable bonds is 0. The van der Waals surface area contributed by atoms with Gasteiger partial charge in [-0.25, -0.2) is 0 Å². The van der Waals surface area contributed by atoms with E-state index in [1.54, 1.807) is 0 Å².